The number of carbonyl (C=O) groups is 1. The molecule has 1 aliphatic carbocycles. The smallest absolute Gasteiger partial charge is 0.253 e. The van der Waals surface area contributed by atoms with Crippen LogP contribution in [0, 0.1) is 0 Å². The first-order valence-corrected chi connectivity index (χ1v) is 5.04. The molecule has 5 heteroatoms. The van der Waals surface area contributed by atoms with E-state index in [2.05, 4.69) is 10.3 Å². The van der Waals surface area contributed by atoms with Gasteiger partial charge in [0, 0.05) is 12.2 Å². The third-order valence-electron chi connectivity index (χ3n) is 1.98. The van der Waals surface area contributed by atoms with Crippen LogP contribution in [0.2, 0.25) is 10.2 Å². The lowest BCUT2D eigenvalue weighted by Crippen LogP contribution is -2.25. The molecule has 0 aliphatic heterocycles. The Morgan fingerprint density at radius 1 is 1.50 bits per heavy atom. The van der Waals surface area contributed by atoms with Crippen LogP contribution < -0.4 is 5.32 Å². The van der Waals surface area contributed by atoms with Crippen LogP contribution in [0.3, 0.4) is 0 Å². The first kappa shape index (κ1) is 9.74. The van der Waals surface area contributed by atoms with Gasteiger partial charge in [0.2, 0.25) is 0 Å². The molecule has 0 saturated heterocycles. The first-order chi connectivity index (χ1) is 6.66. The van der Waals surface area contributed by atoms with E-state index in [-0.39, 0.29) is 11.1 Å². The summed E-state index contributed by atoms with van der Waals surface area (Å²) in [5.41, 5.74) is 0.388. The van der Waals surface area contributed by atoms with Gasteiger partial charge in [0.15, 0.2) is 0 Å². The van der Waals surface area contributed by atoms with Gasteiger partial charge in [-0.2, -0.15) is 0 Å². The maximum Gasteiger partial charge on any atom is 0.253 e. The highest BCUT2D eigenvalue weighted by Gasteiger charge is 2.24. The van der Waals surface area contributed by atoms with E-state index in [1.165, 1.54) is 12.3 Å². The predicted octanol–water partition coefficient (Wildman–Crippen LogP) is 2.28. The number of amides is 1. The summed E-state index contributed by atoms with van der Waals surface area (Å²) >= 11 is 11.5. The molecule has 1 saturated carbocycles. The van der Waals surface area contributed by atoms with Crippen LogP contribution in [-0.4, -0.2) is 16.9 Å². The highest BCUT2D eigenvalue weighted by atomic mass is 35.5. The summed E-state index contributed by atoms with van der Waals surface area (Å²) in [4.78, 5) is 15.4. The molecule has 0 radical (unpaired) electrons. The van der Waals surface area contributed by atoms with E-state index in [4.69, 9.17) is 23.2 Å². The zero-order valence-corrected chi connectivity index (χ0v) is 8.77. The van der Waals surface area contributed by atoms with Crippen molar-refractivity contribution in [1.29, 1.82) is 0 Å². The summed E-state index contributed by atoms with van der Waals surface area (Å²) in [7, 11) is 0. The van der Waals surface area contributed by atoms with Crippen LogP contribution in [0.15, 0.2) is 12.3 Å². The van der Waals surface area contributed by atoms with Crippen molar-refractivity contribution < 1.29 is 4.79 Å². The van der Waals surface area contributed by atoms with Crippen molar-refractivity contribution in [2.45, 2.75) is 18.9 Å². The Labute approximate surface area is 91.4 Å². The number of nitrogens with zero attached hydrogens (tertiary/aromatic N) is 1. The van der Waals surface area contributed by atoms with Gasteiger partial charge in [-0.05, 0) is 18.9 Å². The summed E-state index contributed by atoms with van der Waals surface area (Å²) in [5, 5.41) is 3.43. The van der Waals surface area contributed by atoms with Gasteiger partial charge < -0.3 is 5.32 Å². The van der Waals surface area contributed by atoms with Crippen molar-refractivity contribution in [2.24, 2.45) is 0 Å². The van der Waals surface area contributed by atoms with E-state index in [9.17, 15) is 4.79 Å². The van der Waals surface area contributed by atoms with Crippen LogP contribution >= 0.6 is 23.2 Å². The molecule has 1 N–H and O–H groups in total. The van der Waals surface area contributed by atoms with E-state index in [0.717, 1.165) is 12.8 Å². The molecule has 74 valence electrons. The van der Waals surface area contributed by atoms with Crippen molar-refractivity contribution in [3.63, 3.8) is 0 Å². The van der Waals surface area contributed by atoms with E-state index in [1.807, 2.05) is 0 Å². The van der Waals surface area contributed by atoms with Gasteiger partial charge in [0.05, 0.1) is 10.6 Å². The minimum absolute atomic E-state index is 0.179. The molecule has 0 aromatic carbocycles. The number of hydrogen-bond donors (Lipinski definition) is 1. The number of hydrogen-bond acceptors (Lipinski definition) is 2. The van der Waals surface area contributed by atoms with Crippen LogP contribution in [-0.2, 0) is 0 Å². The number of carbonyl (C=O) groups excluding carboxylic acids is 1. The maximum atomic E-state index is 11.6. The molecule has 0 spiro atoms. The Morgan fingerprint density at radius 2 is 2.21 bits per heavy atom. The van der Waals surface area contributed by atoms with Gasteiger partial charge in [-0.15, -0.1) is 0 Å². The molecule has 14 heavy (non-hydrogen) atoms. The minimum atomic E-state index is -0.179. The molecule has 1 aromatic heterocycles. The fourth-order valence-electron chi connectivity index (χ4n) is 1.08. The molecule has 0 atom stereocenters. The third-order valence-corrected chi connectivity index (χ3v) is 2.49. The maximum absolute atomic E-state index is 11.6. The Hall–Kier alpha value is -0.800. The monoisotopic (exact) mass is 230 g/mol. The molecule has 2 rings (SSSR count). The second kappa shape index (κ2) is 3.75. The zero-order valence-electron chi connectivity index (χ0n) is 7.26. The summed E-state index contributed by atoms with van der Waals surface area (Å²) in [6.45, 7) is 0. The average molecular weight is 231 g/mol. The van der Waals surface area contributed by atoms with Gasteiger partial charge in [0.25, 0.3) is 5.91 Å². The summed E-state index contributed by atoms with van der Waals surface area (Å²) in [6, 6.07) is 1.78. The Morgan fingerprint density at radius 3 is 2.86 bits per heavy atom. The minimum Gasteiger partial charge on any atom is -0.349 e. The van der Waals surface area contributed by atoms with E-state index in [0.29, 0.717) is 16.6 Å². The van der Waals surface area contributed by atoms with E-state index < -0.39 is 0 Å². The first-order valence-electron chi connectivity index (χ1n) is 4.29. The molecule has 0 unspecified atom stereocenters. The molecule has 1 fully saturated rings. The number of halogens is 2. The topological polar surface area (TPSA) is 42.0 Å². The van der Waals surface area contributed by atoms with E-state index in [1.54, 1.807) is 0 Å². The second-order valence-corrected chi connectivity index (χ2v) is 4.03. The van der Waals surface area contributed by atoms with Crippen LogP contribution in [0.25, 0.3) is 0 Å². The lowest BCUT2D eigenvalue weighted by Gasteiger charge is -2.04. The van der Waals surface area contributed by atoms with Crippen molar-refractivity contribution >= 4 is 29.1 Å². The zero-order chi connectivity index (χ0) is 10.1. The van der Waals surface area contributed by atoms with Gasteiger partial charge in [-0.3, -0.25) is 4.79 Å². The van der Waals surface area contributed by atoms with Crippen LogP contribution in [0.1, 0.15) is 23.2 Å². The highest BCUT2D eigenvalue weighted by Crippen LogP contribution is 2.22. The molecule has 1 amide bonds. The lowest BCUT2D eigenvalue weighted by atomic mass is 10.2. The lowest BCUT2D eigenvalue weighted by molar-refractivity contribution is 0.0951. The fourth-order valence-corrected chi connectivity index (χ4v) is 1.43. The molecular formula is C9H8Cl2N2O. The normalized spacial score (nSPS) is 15.3. The molecule has 1 heterocycles. The largest absolute Gasteiger partial charge is 0.349 e. The van der Waals surface area contributed by atoms with Crippen molar-refractivity contribution in [3.8, 4) is 0 Å². The van der Waals surface area contributed by atoms with Gasteiger partial charge >= 0.3 is 0 Å². The SMILES string of the molecule is O=C(NC1CC1)c1cc(Cl)ncc1Cl. The molecule has 0 bridgehead atoms. The average Bonchev–Trinajstić information content (AvgIpc) is 2.93. The molecule has 3 nitrogen and oxygen atoms in total. The summed E-state index contributed by atoms with van der Waals surface area (Å²) in [5.74, 6) is -0.179. The number of aromatic nitrogens is 1. The van der Waals surface area contributed by atoms with Gasteiger partial charge in [-0.1, -0.05) is 23.2 Å². The van der Waals surface area contributed by atoms with E-state index >= 15 is 0 Å². The highest BCUT2D eigenvalue weighted by molar-refractivity contribution is 6.35. The van der Waals surface area contributed by atoms with Crippen molar-refractivity contribution in [3.05, 3.63) is 28.0 Å². The standard InChI is InChI=1S/C9H8Cl2N2O/c10-7-4-12-8(11)3-6(7)9(14)13-5-1-2-5/h3-5H,1-2H2,(H,13,14). The molecular weight excluding hydrogens is 223 g/mol. The molecule has 1 aliphatic rings. The van der Waals surface area contributed by atoms with Gasteiger partial charge in [-0.25, -0.2) is 4.98 Å². The number of nitrogens with one attached hydrogen (secondary N) is 1. The molecule has 1 aromatic rings. The summed E-state index contributed by atoms with van der Waals surface area (Å²) < 4.78 is 0. The Balaban J connectivity index is 2.20. The fraction of sp³-hybridized carbons (Fsp3) is 0.333. The van der Waals surface area contributed by atoms with Crippen molar-refractivity contribution in [2.75, 3.05) is 0 Å². The number of rotatable bonds is 2. The third kappa shape index (κ3) is 2.16. The van der Waals surface area contributed by atoms with Crippen molar-refractivity contribution in [1.82, 2.24) is 10.3 Å². The second-order valence-electron chi connectivity index (χ2n) is 3.23. The number of pyridine rings is 1. The van der Waals surface area contributed by atoms with Crippen LogP contribution in [0.5, 0.6) is 0 Å². The predicted molar refractivity (Wildman–Crippen MR) is 54.7 cm³/mol. The Kier molecular flexibility index (Phi) is 2.61. The quantitative estimate of drug-likeness (QED) is 0.793. The Bertz CT molecular complexity index is 377. The van der Waals surface area contributed by atoms with Gasteiger partial charge in [0.1, 0.15) is 5.15 Å². The van der Waals surface area contributed by atoms with Crippen LogP contribution in [0.4, 0.5) is 0 Å². The summed E-state index contributed by atoms with van der Waals surface area (Å²) in [6.07, 6.45) is 3.47.